The van der Waals surface area contributed by atoms with E-state index in [9.17, 15) is 14.7 Å². The van der Waals surface area contributed by atoms with E-state index in [4.69, 9.17) is 31.5 Å². The van der Waals surface area contributed by atoms with E-state index in [-0.39, 0.29) is 11.8 Å². The van der Waals surface area contributed by atoms with Crippen LogP contribution in [0.4, 0.5) is 0 Å². The van der Waals surface area contributed by atoms with Crippen LogP contribution in [0.15, 0.2) is 11.0 Å². The molecule has 0 saturated carbocycles. The standard InChI is InChI=1S/C13H16ClN3O6/c1-13(2)22-8-5(4-18)21-12(9(8)23-13)17-3-6(14)16-7(10(15)19)11(17)20/h3,5,8-9,12,18H,4H2,1-2H3,(H2,15,19)/t5-,8-,9+,12-/m1/s1. The zero-order valence-electron chi connectivity index (χ0n) is 12.4. The highest BCUT2D eigenvalue weighted by atomic mass is 35.5. The quantitative estimate of drug-likeness (QED) is 0.749. The van der Waals surface area contributed by atoms with E-state index in [0.717, 1.165) is 4.57 Å². The molecule has 1 aromatic rings. The van der Waals surface area contributed by atoms with Crippen LogP contribution in [0, 0.1) is 0 Å². The molecule has 3 heterocycles. The lowest BCUT2D eigenvalue weighted by Gasteiger charge is -2.24. The van der Waals surface area contributed by atoms with Crippen molar-refractivity contribution in [2.75, 3.05) is 6.61 Å². The highest BCUT2D eigenvalue weighted by Crippen LogP contribution is 2.42. The Morgan fingerprint density at radius 2 is 2.13 bits per heavy atom. The number of primary amides is 1. The number of carbonyl (C=O) groups excluding carboxylic acids is 1. The van der Waals surface area contributed by atoms with Crippen LogP contribution in [-0.2, 0) is 14.2 Å². The largest absolute Gasteiger partial charge is 0.394 e. The third-order valence-electron chi connectivity index (χ3n) is 3.71. The SMILES string of the molecule is CC1(C)O[C@H]2[C@H](O1)[C@@H](CO)O[C@H]2n1cc(Cl)nc(C(N)=O)c1=O. The second-order valence-electron chi connectivity index (χ2n) is 5.80. The van der Waals surface area contributed by atoms with Crippen LogP contribution in [0.2, 0.25) is 5.15 Å². The summed E-state index contributed by atoms with van der Waals surface area (Å²) in [5, 5.41) is 9.36. The third kappa shape index (κ3) is 2.74. The summed E-state index contributed by atoms with van der Waals surface area (Å²) in [7, 11) is 0. The Labute approximate surface area is 135 Å². The number of carbonyl (C=O) groups is 1. The number of halogens is 1. The number of nitrogens with zero attached hydrogens (tertiary/aromatic N) is 2. The summed E-state index contributed by atoms with van der Waals surface area (Å²) in [4.78, 5) is 27.4. The van der Waals surface area contributed by atoms with Crippen molar-refractivity contribution in [3.63, 3.8) is 0 Å². The average molecular weight is 346 g/mol. The molecule has 0 aromatic carbocycles. The van der Waals surface area contributed by atoms with Gasteiger partial charge in [0, 0.05) is 6.20 Å². The Kier molecular flexibility index (Phi) is 3.93. The van der Waals surface area contributed by atoms with Gasteiger partial charge >= 0.3 is 0 Å². The fourth-order valence-electron chi connectivity index (χ4n) is 2.86. The van der Waals surface area contributed by atoms with Crippen molar-refractivity contribution in [3.8, 4) is 0 Å². The number of aliphatic hydroxyl groups is 1. The van der Waals surface area contributed by atoms with Crippen LogP contribution in [0.1, 0.15) is 30.6 Å². The van der Waals surface area contributed by atoms with Crippen LogP contribution in [-0.4, -0.2) is 51.3 Å². The van der Waals surface area contributed by atoms with E-state index < -0.39 is 47.5 Å². The molecule has 23 heavy (non-hydrogen) atoms. The molecular formula is C13H16ClN3O6. The highest BCUT2D eigenvalue weighted by molar-refractivity contribution is 6.29. The van der Waals surface area contributed by atoms with Gasteiger partial charge in [-0.25, -0.2) is 4.98 Å². The van der Waals surface area contributed by atoms with E-state index >= 15 is 0 Å². The van der Waals surface area contributed by atoms with Gasteiger partial charge in [0.25, 0.3) is 11.5 Å². The molecule has 9 nitrogen and oxygen atoms in total. The molecule has 1 amide bonds. The van der Waals surface area contributed by atoms with Crippen LogP contribution in [0.25, 0.3) is 0 Å². The summed E-state index contributed by atoms with van der Waals surface area (Å²) in [6.45, 7) is 3.12. The Hall–Kier alpha value is -1.52. The summed E-state index contributed by atoms with van der Waals surface area (Å²) in [6, 6.07) is 0. The van der Waals surface area contributed by atoms with Gasteiger partial charge in [-0.2, -0.15) is 0 Å². The van der Waals surface area contributed by atoms with Crippen molar-refractivity contribution in [1.82, 2.24) is 9.55 Å². The molecule has 3 N–H and O–H groups in total. The van der Waals surface area contributed by atoms with Crippen molar-refractivity contribution in [1.29, 1.82) is 0 Å². The summed E-state index contributed by atoms with van der Waals surface area (Å²) < 4.78 is 18.2. The molecule has 2 saturated heterocycles. The molecule has 2 fully saturated rings. The normalized spacial score (nSPS) is 32.0. The number of nitrogens with two attached hydrogens (primary N) is 1. The first kappa shape index (κ1) is 16.3. The lowest BCUT2D eigenvalue weighted by Crippen LogP contribution is -2.37. The molecule has 1 aromatic heterocycles. The minimum Gasteiger partial charge on any atom is -0.394 e. The van der Waals surface area contributed by atoms with Gasteiger partial charge in [-0.1, -0.05) is 11.6 Å². The van der Waals surface area contributed by atoms with Gasteiger partial charge < -0.3 is 25.1 Å². The molecule has 126 valence electrons. The van der Waals surface area contributed by atoms with E-state index in [2.05, 4.69) is 4.98 Å². The van der Waals surface area contributed by atoms with Crippen LogP contribution in [0.5, 0.6) is 0 Å². The molecular weight excluding hydrogens is 330 g/mol. The number of aromatic nitrogens is 2. The van der Waals surface area contributed by atoms with Gasteiger partial charge in [0.15, 0.2) is 17.7 Å². The van der Waals surface area contributed by atoms with Gasteiger partial charge in [-0.15, -0.1) is 0 Å². The maximum atomic E-state index is 12.4. The first-order chi connectivity index (χ1) is 10.7. The minimum absolute atomic E-state index is 0.0934. The molecule has 2 aliphatic rings. The maximum absolute atomic E-state index is 12.4. The third-order valence-corrected chi connectivity index (χ3v) is 3.90. The topological polar surface area (TPSA) is 126 Å². The zero-order chi connectivity index (χ0) is 16.9. The molecule has 2 aliphatic heterocycles. The maximum Gasteiger partial charge on any atom is 0.284 e. The van der Waals surface area contributed by atoms with Crippen molar-refractivity contribution in [2.24, 2.45) is 5.73 Å². The Balaban J connectivity index is 2.05. The molecule has 0 bridgehead atoms. The van der Waals surface area contributed by atoms with Gasteiger partial charge in [0.2, 0.25) is 0 Å². The second-order valence-corrected chi connectivity index (χ2v) is 6.19. The predicted molar refractivity (Wildman–Crippen MR) is 76.8 cm³/mol. The van der Waals surface area contributed by atoms with Crippen molar-refractivity contribution in [3.05, 3.63) is 27.4 Å². The van der Waals surface area contributed by atoms with E-state index in [1.807, 2.05) is 0 Å². The summed E-state index contributed by atoms with van der Waals surface area (Å²) in [5.74, 6) is -1.89. The summed E-state index contributed by atoms with van der Waals surface area (Å²) in [6.07, 6.45) is -1.59. The average Bonchev–Trinajstić information content (AvgIpc) is 2.93. The number of fused-ring (bicyclic) bond motifs is 1. The number of hydrogen-bond acceptors (Lipinski definition) is 7. The number of ether oxygens (including phenoxy) is 3. The van der Waals surface area contributed by atoms with Gasteiger partial charge in [-0.05, 0) is 13.8 Å². The zero-order valence-corrected chi connectivity index (χ0v) is 13.2. The molecule has 0 radical (unpaired) electrons. The fourth-order valence-corrected chi connectivity index (χ4v) is 3.05. The van der Waals surface area contributed by atoms with Crippen molar-refractivity contribution < 1.29 is 24.1 Å². The highest BCUT2D eigenvalue weighted by Gasteiger charge is 2.56. The fraction of sp³-hybridized carbons (Fsp3) is 0.615. The molecule has 0 spiro atoms. The minimum atomic E-state index is -0.997. The first-order valence-electron chi connectivity index (χ1n) is 6.94. The van der Waals surface area contributed by atoms with Gasteiger partial charge in [-0.3, -0.25) is 14.2 Å². The number of aliphatic hydroxyl groups excluding tert-OH is 1. The van der Waals surface area contributed by atoms with Crippen molar-refractivity contribution >= 4 is 17.5 Å². The predicted octanol–water partition coefficient (Wildman–Crippen LogP) is -0.595. The molecule has 4 atom stereocenters. The number of hydrogen-bond donors (Lipinski definition) is 2. The molecule has 10 heteroatoms. The van der Waals surface area contributed by atoms with Crippen LogP contribution < -0.4 is 11.3 Å². The summed E-state index contributed by atoms with van der Waals surface area (Å²) >= 11 is 5.86. The second kappa shape index (κ2) is 5.53. The van der Waals surface area contributed by atoms with Gasteiger partial charge in [0.05, 0.1) is 6.61 Å². The number of amides is 1. The van der Waals surface area contributed by atoms with E-state index in [1.165, 1.54) is 6.20 Å². The lowest BCUT2D eigenvalue weighted by molar-refractivity contribution is -0.200. The van der Waals surface area contributed by atoms with Gasteiger partial charge in [0.1, 0.15) is 23.5 Å². The Morgan fingerprint density at radius 1 is 1.48 bits per heavy atom. The monoisotopic (exact) mass is 345 g/mol. The van der Waals surface area contributed by atoms with E-state index in [0.29, 0.717) is 0 Å². The number of rotatable bonds is 3. The molecule has 3 rings (SSSR count). The van der Waals surface area contributed by atoms with Crippen molar-refractivity contribution in [2.45, 2.75) is 44.2 Å². The summed E-state index contributed by atoms with van der Waals surface area (Å²) in [5.41, 5.74) is 3.89. The molecule has 0 aliphatic carbocycles. The Bertz CT molecular complexity index is 705. The first-order valence-corrected chi connectivity index (χ1v) is 7.32. The Morgan fingerprint density at radius 3 is 2.74 bits per heavy atom. The smallest absolute Gasteiger partial charge is 0.284 e. The van der Waals surface area contributed by atoms with E-state index in [1.54, 1.807) is 13.8 Å². The van der Waals surface area contributed by atoms with Crippen LogP contribution >= 0.6 is 11.6 Å². The molecule has 0 unspecified atom stereocenters. The van der Waals surface area contributed by atoms with Crippen LogP contribution in [0.3, 0.4) is 0 Å². The lowest BCUT2D eigenvalue weighted by atomic mass is 10.1.